The van der Waals surface area contributed by atoms with Crippen LogP contribution in [0.5, 0.6) is 0 Å². The molecule has 2 aromatic heterocycles. The fraction of sp³-hybridized carbons (Fsp3) is 0.417. The van der Waals surface area contributed by atoms with Gasteiger partial charge < -0.3 is 25.8 Å². The predicted octanol–water partition coefficient (Wildman–Crippen LogP) is -1.72. The van der Waals surface area contributed by atoms with Crippen molar-refractivity contribution in [3.63, 3.8) is 0 Å². The molecule has 10 heteroatoms. The lowest BCUT2D eigenvalue weighted by atomic mass is 9.92. The molecule has 0 saturated carbocycles. The Kier molecular flexibility index (Phi) is 3.22. The van der Waals surface area contributed by atoms with Crippen molar-refractivity contribution < 1.29 is 24.4 Å². The summed E-state index contributed by atoms with van der Waals surface area (Å²) in [5.74, 6) is -0.959. The molecule has 1 aliphatic rings. The minimum atomic E-state index is -2.10. The van der Waals surface area contributed by atoms with Crippen LogP contribution in [0.1, 0.15) is 5.69 Å². The Morgan fingerprint density at radius 2 is 2.27 bits per heavy atom. The van der Waals surface area contributed by atoms with E-state index in [1.165, 1.54) is 0 Å². The van der Waals surface area contributed by atoms with Gasteiger partial charge >= 0.3 is 0 Å². The van der Waals surface area contributed by atoms with Gasteiger partial charge in [-0.15, -0.1) is 0 Å². The quantitative estimate of drug-likeness (QED) is 0.511. The second-order valence-corrected chi connectivity index (χ2v) is 4.90. The molecule has 22 heavy (non-hydrogen) atoms. The van der Waals surface area contributed by atoms with Gasteiger partial charge in [-0.2, -0.15) is 10.4 Å². The number of nitrogens with zero attached hydrogens (tertiary/aromatic N) is 4. The number of nitriles is 1. The number of fused-ring (bicyclic) bond motifs is 1. The Balaban J connectivity index is 2.26. The zero-order valence-electron chi connectivity index (χ0n) is 11.1. The molecule has 0 aliphatic carbocycles. The Bertz CT molecular complexity index is 775. The summed E-state index contributed by atoms with van der Waals surface area (Å²) in [6.45, 7) is -0.620. The van der Waals surface area contributed by atoms with E-state index in [-0.39, 0.29) is 17.0 Å². The van der Waals surface area contributed by atoms with Gasteiger partial charge in [0.25, 0.3) is 0 Å². The van der Waals surface area contributed by atoms with Gasteiger partial charge in [-0.3, -0.25) is 0 Å². The molecule has 0 aromatic carbocycles. The van der Waals surface area contributed by atoms with Gasteiger partial charge in [0.1, 0.15) is 36.2 Å². The van der Waals surface area contributed by atoms with Crippen molar-refractivity contribution >= 4 is 11.3 Å². The van der Waals surface area contributed by atoms with Crippen molar-refractivity contribution in [2.75, 3.05) is 12.3 Å². The van der Waals surface area contributed by atoms with E-state index in [4.69, 9.17) is 15.6 Å². The lowest BCUT2D eigenvalue weighted by molar-refractivity contribution is -0.0643. The van der Waals surface area contributed by atoms with Crippen LogP contribution >= 0.6 is 0 Å². The van der Waals surface area contributed by atoms with Gasteiger partial charge in [-0.1, -0.05) is 0 Å². The largest absolute Gasteiger partial charge is 0.394 e. The Hall–Kier alpha value is -2.32. The van der Waals surface area contributed by atoms with Gasteiger partial charge in [0.2, 0.25) is 5.60 Å². The maximum atomic E-state index is 14.1. The zero-order chi connectivity index (χ0) is 16.1. The highest BCUT2D eigenvalue weighted by Gasteiger charge is 2.57. The third kappa shape index (κ3) is 1.71. The first-order valence-electron chi connectivity index (χ1n) is 6.30. The number of rotatable bonds is 2. The van der Waals surface area contributed by atoms with Crippen molar-refractivity contribution in [2.24, 2.45) is 0 Å². The van der Waals surface area contributed by atoms with Gasteiger partial charge in [0.05, 0.1) is 12.3 Å². The van der Waals surface area contributed by atoms with Gasteiger partial charge in [0.15, 0.2) is 11.6 Å². The SMILES string of the molecule is N#C[C@@]1(c2cc(F)c3c(N)ncnn23)O[C@H](CO)[C@@H](O)[C@H]1O. The maximum Gasteiger partial charge on any atom is 0.225 e. The van der Waals surface area contributed by atoms with Crippen LogP contribution in [-0.2, 0) is 10.3 Å². The molecule has 5 N–H and O–H groups in total. The summed E-state index contributed by atoms with van der Waals surface area (Å²) in [6.07, 6.45) is -3.36. The molecule has 0 bridgehead atoms. The smallest absolute Gasteiger partial charge is 0.225 e. The summed E-state index contributed by atoms with van der Waals surface area (Å²) in [5.41, 5.74) is 3.16. The number of hydrogen-bond acceptors (Lipinski definition) is 8. The van der Waals surface area contributed by atoms with E-state index in [1.54, 1.807) is 6.07 Å². The van der Waals surface area contributed by atoms with E-state index < -0.39 is 36.3 Å². The molecule has 3 heterocycles. The number of halogens is 1. The average Bonchev–Trinajstić information content (AvgIpc) is 2.98. The molecule has 2 aromatic rings. The van der Waals surface area contributed by atoms with Crippen LogP contribution in [0.2, 0.25) is 0 Å². The Morgan fingerprint density at radius 3 is 2.86 bits per heavy atom. The highest BCUT2D eigenvalue weighted by molar-refractivity contribution is 5.67. The van der Waals surface area contributed by atoms with E-state index in [9.17, 15) is 19.9 Å². The highest BCUT2D eigenvalue weighted by atomic mass is 19.1. The number of aliphatic hydroxyl groups excluding tert-OH is 3. The number of ether oxygens (including phenoxy) is 1. The van der Waals surface area contributed by atoms with Crippen molar-refractivity contribution in [3.05, 3.63) is 23.9 Å². The summed E-state index contributed by atoms with van der Waals surface area (Å²) in [6, 6.07) is 2.66. The minimum Gasteiger partial charge on any atom is -0.394 e. The van der Waals surface area contributed by atoms with E-state index in [0.717, 1.165) is 16.9 Å². The maximum absolute atomic E-state index is 14.1. The number of nitrogen functional groups attached to an aromatic ring is 1. The van der Waals surface area contributed by atoms with Crippen LogP contribution < -0.4 is 5.73 Å². The number of aromatic nitrogens is 3. The van der Waals surface area contributed by atoms with Crippen molar-refractivity contribution in [2.45, 2.75) is 23.9 Å². The molecule has 1 saturated heterocycles. The molecule has 0 radical (unpaired) electrons. The van der Waals surface area contributed by atoms with Gasteiger partial charge in [-0.25, -0.2) is 13.9 Å². The number of hydrogen-bond donors (Lipinski definition) is 4. The monoisotopic (exact) mass is 309 g/mol. The van der Waals surface area contributed by atoms with E-state index in [1.807, 2.05) is 0 Å². The first kappa shape index (κ1) is 14.6. The summed E-state index contributed by atoms with van der Waals surface area (Å²) in [5, 5.41) is 42.5. The fourth-order valence-corrected chi connectivity index (χ4v) is 2.62. The van der Waals surface area contributed by atoms with Crippen LogP contribution in [0.15, 0.2) is 12.4 Å². The van der Waals surface area contributed by atoms with Crippen LogP contribution in [0.4, 0.5) is 10.2 Å². The molecule has 0 amide bonds. The molecule has 4 atom stereocenters. The average molecular weight is 309 g/mol. The number of anilines is 1. The van der Waals surface area contributed by atoms with Gasteiger partial charge in [0, 0.05) is 6.07 Å². The highest BCUT2D eigenvalue weighted by Crippen LogP contribution is 2.40. The summed E-state index contributed by atoms with van der Waals surface area (Å²) >= 11 is 0. The second kappa shape index (κ2) is 4.85. The standard InChI is InChI=1S/C12H12FN5O4/c13-5-1-7(18-8(5)11(15)16-4-17-18)12(3-14)10(21)9(20)6(2-19)22-12/h1,4,6,9-10,19-21H,2H2,(H2,15,16,17)/t6-,9-,10-,12+/m1/s1. The van der Waals surface area contributed by atoms with Crippen molar-refractivity contribution in [1.82, 2.24) is 14.6 Å². The van der Waals surface area contributed by atoms with Crippen LogP contribution in [0.25, 0.3) is 5.52 Å². The van der Waals surface area contributed by atoms with E-state index >= 15 is 0 Å². The molecule has 116 valence electrons. The van der Waals surface area contributed by atoms with Crippen LogP contribution in [0, 0.1) is 17.1 Å². The topological polar surface area (TPSA) is 150 Å². The minimum absolute atomic E-state index is 0.154. The molecule has 1 aliphatic heterocycles. The first-order valence-corrected chi connectivity index (χ1v) is 6.30. The summed E-state index contributed by atoms with van der Waals surface area (Å²) in [4.78, 5) is 3.65. The van der Waals surface area contributed by atoms with Gasteiger partial charge in [-0.05, 0) is 0 Å². The molecular weight excluding hydrogens is 297 g/mol. The second-order valence-electron chi connectivity index (χ2n) is 4.90. The molecule has 1 fully saturated rings. The van der Waals surface area contributed by atoms with Crippen molar-refractivity contribution in [3.8, 4) is 6.07 Å². The molecule has 3 rings (SSSR count). The van der Waals surface area contributed by atoms with E-state index in [0.29, 0.717) is 0 Å². The third-order valence-corrected chi connectivity index (χ3v) is 3.72. The lowest BCUT2D eigenvalue weighted by Gasteiger charge is -2.23. The summed E-state index contributed by atoms with van der Waals surface area (Å²) in [7, 11) is 0. The van der Waals surface area contributed by atoms with Crippen LogP contribution in [0.3, 0.4) is 0 Å². The zero-order valence-corrected chi connectivity index (χ0v) is 11.1. The Labute approximate surface area is 123 Å². The first-order chi connectivity index (χ1) is 10.5. The molecule has 0 spiro atoms. The molecule has 9 nitrogen and oxygen atoms in total. The predicted molar refractivity (Wildman–Crippen MR) is 68.6 cm³/mol. The summed E-state index contributed by atoms with van der Waals surface area (Å²) < 4.78 is 20.4. The van der Waals surface area contributed by atoms with Crippen LogP contribution in [-0.4, -0.2) is 54.8 Å². The number of nitrogens with two attached hydrogens (primary N) is 1. The number of aliphatic hydroxyl groups is 3. The lowest BCUT2D eigenvalue weighted by Crippen LogP contribution is -2.40. The third-order valence-electron chi connectivity index (χ3n) is 3.72. The normalized spacial score (nSPS) is 31.5. The molecule has 0 unspecified atom stereocenters. The van der Waals surface area contributed by atoms with E-state index in [2.05, 4.69) is 10.1 Å². The Morgan fingerprint density at radius 1 is 1.55 bits per heavy atom. The van der Waals surface area contributed by atoms with Crippen molar-refractivity contribution in [1.29, 1.82) is 5.26 Å². The fourth-order valence-electron chi connectivity index (χ4n) is 2.62. The molecular formula is C12H12FN5O4.